The van der Waals surface area contributed by atoms with Gasteiger partial charge >= 0.3 is 0 Å². The Bertz CT molecular complexity index is 305. The van der Waals surface area contributed by atoms with Crippen molar-refractivity contribution >= 4 is 5.82 Å². The first-order chi connectivity index (χ1) is 7.26. The molecule has 0 bridgehead atoms. The van der Waals surface area contributed by atoms with Gasteiger partial charge in [0.25, 0.3) is 0 Å². The molecule has 0 fully saturated rings. The Morgan fingerprint density at radius 3 is 2.80 bits per heavy atom. The predicted octanol–water partition coefficient (Wildman–Crippen LogP) is 1.24. The summed E-state index contributed by atoms with van der Waals surface area (Å²) in [6, 6.07) is 1.76. The predicted molar refractivity (Wildman–Crippen MR) is 58.3 cm³/mol. The lowest BCUT2D eigenvalue weighted by Crippen LogP contribution is -2.08. The topological polar surface area (TPSA) is 56.3 Å². The van der Waals surface area contributed by atoms with Crippen LogP contribution in [0.4, 0.5) is 5.82 Å². The molecule has 15 heavy (non-hydrogen) atoms. The minimum Gasteiger partial charge on any atom is -0.475 e. The highest BCUT2D eigenvalue weighted by molar-refractivity contribution is 5.37. The zero-order chi connectivity index (χ0) is 11.1. The first-order valence-corrected chi connectivity index (χ1v) is 5.00. The van der Waals surface area contributed by atoms with E-state index >= 15 is 0 Å². The van der Waals surface area contributed by atoms with Gasteiger partial charge in [0.15, 0.2) is 0 Å². The third-order valence-electron chi connectivity index (χ3n) is 1.75. The van der Waals surface area contributed by atoms with E-state index in [1.54, 1.807) is 6.07 Å². The molecule has 0 amide bonds. The molecule has 0 aromatic carbocycles. The van der Waals surface area contributed by atoms with Crippen molar-refractivity contribution in [1.82, 2.24) is 9.97 Å². The van der Waals surface area contributed by atoms with E-state index in [2.05, 4.69) is 15.3 Å². The minimum absolute atomic E-state index is 0.507. The van der Waals surface area contributed by atoms with Gasteiger partial charge in [-0.15, -0.1) is 0 Å². The van der Waals surface area contributed by atoms with Crippen molar-refractivity contribution in [1.29, 1.82) is 0 Å². The number of hydrogen-bond acceptors (Lipinski definition) is 5. The maximum Gasteiger partial charge on any atom is 0.218 e. The monoisotopic (exact) mass is 211 g/mol. The Balaban J connectivity index is 2.49. The summed E-state index contributed by atoms with van der Waals surface area (Å²) < 4.78 is 10.6. The second-order valence-electron chi connectivity index (χ2n) is 2.93. The largest absolute Gasteiger partial charge is 0.475 e. The normalized spacial score (nSPS) is 10.1. The fourth-order valence-electron chi connectivity index (χ4n) is 1.09. The number of ether oxygens (including phenoxy) is 2. The molecule has 0 radical (unpaired) electrons. The summed E-state index contributed by atoms with van der Waals surface area (Å²) in [4.78, 5) is 8.31. The van der Waals surface area contributed by atoms with Gasteiger partial charge < -0.3 is 14.8 Å². The second kappa shape index (κ2) is 6.19. The zero-order valence-electron chi connectivity index (χ0n) is 9.41. The van der Waals surface area contributed by atoms with Crippen LogP contribution in [0.2, 0.25) is 0 Å². The Morgan fingerprint density at radius 2 is 2.13 bits per heavy atom. The molecule has 0 unspecified atom stereocenters. The molecule has 5 heteroatoms. The van der Waals surface area contributed by atoms with Crippen LogP contribution >= 0.6 is 0 Å². The van der Waals surface area contributed by atoms with Gasteiger partial charge in [-0.25, -0.2) is 4.98 Å². The second-order valence-corrected chi connectivity index (χ2v) is 2.93. The molecular formula is C10H17N3O2. The highest BCUT2D eigenvalue weighted by atomic mass is 16.5. The fourth-order valence-corrected chi connectivity index (χ4v) is 1.09. The van der Waals surface area contributed by atoms with Gasteiger partial charge in [-0.1, -0.05) is 0 Å². The van der Waals surface area contributed by atoms with Crippen molar-refractivity contribution in [2.24, 2.45) is 0 Å². The maximum absolute atomic E-state index is 5.42. The lowest BCUT2D eigenvalue weighted by atomic mass is 10.5. The summed E-state index contributed by atoms with van der Waals surface area (Å²) >= 11 is 0. The van der Waals surface area contributed by atoms with Crippen LogP contribution in [0.5, 0.6) is 5.88 Å². The molecule has 0 aliphatic rings. The van der Waals surface area contributed by atoms with Crippen LogP contribution in [-0.2, 0) is 4.74 Å². The molecular weight excluding hydrogens is 194 g/mol. The summed E-state index contributed by atoms with van der Waals surface area (Å²) in [7, 11) is 1.81. The molecule has 1 rings (SSSR count). The van der Waals surface area contributed by atoms with Crippen LogP contribution in [0.15, 0.2) is 6.07 Å². The molecule has 0 aliphatic carbocycles. The summed E-state index contributed by atoms with van der Waals surface area (Å²) in [5, 5.41) is 2.95. The van der Waals surface area contributed by atoms with Crippen molar-refractivity contribution in [2.75, 3.05) is 32.2 Å². The van der Waals surface area contributed by atoms with Crippen molar-refractivity contribution < 1.29 is 9.47 Å². The van der Waals surface area contributed by atoms with Crippen LogP contribution < -0.4 is 10.1 Å². The number of nitrogens with one attached hydrogen (secondary N) is 1. The fraction of sp³-hybridized carbons (Fsp3) is 0.600. The van der Waals surface area contributed by atoms with Gasteiger partial charge in [0.05, 0.1) is 6.61 Å². The molecule has 0 saturated carbocycles. The van der Waals surface area contributed by atoms with Crippen LogP contribution in [0.1, 0.15) is 12.7 Å². The number of aromatic nitrogens is 2. The van der Waals surface area contributed by atoms with Crippen molar-refractivity contribution in [3.05, 3.63) is 11.9 Å². The molecule has 0 atom stereocenters. The van der Waals surface area contributed by atoms with Crippen molar-refractivity contribution in [3.63, 3.8) is 0 Å². The summed E-state index contributed by atoms with van der Waals surface area (Å²) in [6.07, 6.45) is 0. The van der Waals surface area contributed by atoms with Gasteiger partial charge in [0.2, 0.25) is 5.88 Å². The highest BCUT2D eigenvalue weighted by Gasteiger charge is 2.00. The Kier molecular flexibility index (Phi) is 4.83. The molecule has 84 valence electrons. The minimum atomic E-state index is 0.507. The average molecular weight is 211 g/mol. The van der Waals surface area contributed by atoms with E-state index in [9.17, 15) is 0 Å². The van der Waals surface area contributed by atoms with Gasteiger partial charge in [0, 0.05) is 19.7 Å². The first-order valence-electron chi connectivity index (χ1n) is 5.00. The highest BCUT2D eigenvalue weighted by Crippen LogP contribution is 2.12. The van der Waals surface area contributed by atoms with Gasteiger partial charge in [-0.05, 0) is 13.8 Å². The van der Waals surface area contributed by atoms with Gasteiger partial charge in [-0.3, -0.25) is 0 Å². The van der Waals surface area contributed by atoms with E-state index in [-0.39, 0.29) is 0 Å². The Morgan fingerprint density at radius 1 is 1.33 bits per heavy atom. The Labute approximate surface area is 89.8 Å². The maximum atomic E-state index is 5.42. The molecule has 1 heterocycles. The third-order valence-corrected chi connectivity index (χ3v) is 1.75. The summed E-state index contributed by atoms with van der Waals surface area (Å²) in [6.45, 7) is 5.57. The smallest absolute Gasteiger partial charge is 0.218 e. The van der Waals surface area contributed by atoms with E-state index in [0.29, 0.717) is 31.5 Å². The van der Waals surface area contributed by atoms with E-state index in [0.717, 1.165) is 5.82 Å². The molecule has 1 aromatic heterocycles. The van der Waals surface area contributed by atoms with Crippen LogP contribution in [0.25, 0.3) is 0 Å². The number of anilines is 1. The lowest BCUT2D eigenvalue weighted by Gasteiger charge is -2.07. The van der Waals surface area contributed by atoms with Gasteiger partial charge in [-0.2, -0.15) is 4.98 Å². The number of aryl methyl sites for hydroxylation is 1. The van der Waals surface area contributed by atoms with E-state index in [1.807, 2.05) is 20.9 Å². The molecule has 5 nitrogen and oxygen atoms in total. The molecule has 0 aliphatic heterocycles. The molecule has 0 saturated heterocycles. The SMILES string of the molecule is CCOCCOc1cc(NC)nc(C)n1. The zero-order valence-corrected chi connectivity index (χ0v) is 9.41. The van der Waals surface area contributed by atoms with E-state index in [1.165, 1.54) is 0 Å². The van der Waals surface area contributed by atoms with Crippen molar-refractivity contribution in [3.8, 4) is 5.88 Å². The summed E-state index contributed by atoms with van der Waals surface area (Å²) in [5.74, 6) is 2.02. The average Bonchev–Trinajstić information content (AvgIpc) is 2.23. The van der Waals surface area contributed by atoms with Crippen LogP contribution in [0, 0.1) is 6.92 Å². The third kappa shape index (κ3) is 4.12. The van der Waals surface area contributed by atoms with Crippen LogP contribution in [-0.4, -0.2) is 36.8 Å². The number of nitrogens with zero attached hydrogens (tertiary/aromatic N) is 2. The quantitative estimate of drug-likeness (QED) is 0.717. The van der Waals surface area contributed by atoms with Crippen LogP contribution in [0.3, 0.4) is 0 Å². The lowest BCUT2D eigenvalue weighted by molar-refractivity contribution is 0.108. The Hall–Kier alpha value is -1.36. The molecule has 1 N–H and O–H groups in total. The number of rotatable bonds is 6. The number of hydrogen-bond donors (Lipinski definition) is 1. The molecule has 0 spiro atoms. The van der Waals surface area contributed by atoms with E-state index in [4.69, 9.17) is 9.47 Å². The first kappa shape index (κ1) is 11.7. The van der Waals surface area contributed by atoms with Crippen molar-refractivity contribution in [2.45, 2.75) is 13.8 Å². The standard InChI is InChI=1S/C10H17N3O2/c1-4-14-5-6-15-10-7-9(11-3)12-8(2)13-10/h7H,4-6H2,1-3H3,(H,11,12,13). The summed E-state index contributed by atoms with van der Waals surface area (Å²) in [5.41, 5.74) is 0. The molecule has 1 aromatic rings. The van der Waals surface area contributed by atoms with E-state index < -0.39 is 0 Å². The van der Waals surface area contributed by atoms with Gasteiger partial charge in [0.1, 0.15) is 18.2 Å².